The van der Waals surface area contributed by atoms with Gasteiger partial charge in [0.15, 0.2) is 0 Å². The predicted octanol–water partition coefficient (Wildman–Crippen LogP) is 3.27. The first-order valence-corrected chi connectivity index (χ1v) is 9.99. The number of amides is 1. The maximum absolute atomic E-state index is 12.7. The first-order chi connectivity index (χ1) is 14.9. The molecule has 0 bridgehead atoms. The summed E-state index contributed by atoms with van der Waals surface area (Å²) in [5, 5.41) is 7.57. The Labute approximate surface area is 183 Å². The Kier molecular flexibility index (Phi) is 5.73. The molecule has 0 unspecified atom stereocenters. The minimum atomic E-state index is -0.462. The fourth-order valence-electron chi connectivity index (χ4n) is 3.23. The van der Waals surface area contributed by atoms with Crippen LogP contribution in [0.3, 0.4) is 0 Å². The molecule has 2 aromatic carbocycles. The summed E-state index contributed by atoms with van der Waals surface area (Å²) in [4.78, 5) is 29.3. The molecule has 1 amide bonds. The molecule has 0 atom stereocenters. The van der Waals surface area contributed by atoms with Crippen LogP contribution in [0.4, 0.5) is 0 Å². The average molecular weight is 438 g/mol. The maximum atomic E-state index is 12.7. The van der Waals surface area contributed by atoms with E-state index >= 15 is 0 Å². The van der Waals surface area contributed by atoms with E-state index in [2.05, 4.69) is 15.4 Å². The Balaban J connectivity index is 1.55. The van der Waals surface area contributed by atoms with Crippen LogP contribution in [0.25, 0.3) is 5.65 Å². The van der Waals surface area contributed by atoms with Crippen molar-refractivity contribution in [1.82, 2.24) is 24.5 Å². The summed E-state index contributed by atoms with van der Waals surface area (Å²) in [5.74, 6) is 0.410. The lowest BCUT2D eigenvalue weighted by Crippen LogP contribution is -2.32. The highest BCUT2D eigenvalue weighted by molar-refractivity contribution is 6.31. The van der Waals surface area contributed by atoms with Crippen molar-refractivity contribution >= 4 is 23.2 Å². The third-order valence-corrected chi connectivity index (χ3v) is 4.97. The number of nitrogens with zero attached hydrogens (tertiary/aromatic N) is 4. The van der Waals surface area contributed by atoms with Crippen LogP contribution >= 0.6 is 11.6 Å². The zero-order chi connectivity index (χ0) is 22.0. The molecule has 0 fully saturated rings. The normalized spacial score (nSPS) is 10.9. The fourth-order valence-corrected chi connectivity index (χ4v) is 3.43. The third-order valence-electron chi connectivity index (χ3n) is 4.61. The molecule has 9 heteroatoms. The highest BCUT2D eigenvalue weighted by atomic mass is 35.5. The topological polar surface area (TPSA) is 90.5 Å². The molecule has 31 heavy (non-hydrogen) atoms. The SMILES string of the molecule is Cc1cc(C)cc(Oc2nccn3c(=O)n(CC(=O)NCc4ccccc4Cl)nc23)c1. The number of benzene rings is 2. The lowest BCUT2D eigenvalue weighted by atomic mass is 10.1. The van der Waals surface area contributed by atoms with Gasteiger partial charge >= 0.3 is 5.69 Å². The van der Waals surface area contributed by atoms with Gasteiger partial charge in [-0.1, -0.05) is 35.9 Å². The number of nitrogens with one attached hydrogen (secondary N) is 1. The fraction of sp³-hybridized carbons (Fsp3) is 0.182. The van der Waals surface area contributed by atoms with Crippen molar-refractivity contribution in [3.05, 3.63) is 87.1 Å². The van der Waals surface area contributed by atoms with Crippen molar-refractivity contribution < 1.29 is 9.53 Å². The molecule has 4 rings (SSSR count). The van der Waals surface area contributed by atoms with Crippen LogP contribution in [0.2, 0.25) is 5.02 Å². The van der Waals surface area contributed by atoms with E-state index < -0.39 is 5.69 Å². The third kappa shape index (κ3) is 4.59. The van der Waals surface area contributed by atoms with Crippen molar-refractivity contribution in [2.45, 2.75) is 26.9 Å². The van der Waals surface area contributed by atoms with Crippen molar-refractivity contribution in [3.8, 4) is 11.6 Å². The Hall–Kier alpha value is -3.65. The molecular weight excluding hydrogens is 418 g/mol. The molecule has 0 aliphatic heterocycles. The average Bonchev–Trinajstić information content (AvgIpc) is 3.03. The molecule has 2 aromatic heterocycles. The van der Waals surface area contributed by atoms with Gasteiger partial charge in [0.05, 0.1) is 0 Å². The van der Waals surface area contributed by atoms with Gasteiger partial charge in [0.1, 0.15) is 12.3 Å². The number of halogens is 1. The first kappa shape index (κ1) is 20.6. The van der Waals surface area contributed by atoms with Crippen LogP contribution < -0.4 is 15.7 Å². The van der Waals surface area contributed by atoms with Crippen LogP contribution in [0.5, 0.6) is 11.6 Å². The monoisotopic (exact) mass is 437 g/mol. The van der Waals surface area contributed by atoms with Gasteiger partial charge in [-0.15, -0.1) is 5.10 Å². The van der Waals surface area contributed by atoms with Crippen LogP contribution in [-0.2, 0) is 17.9 Å². The number of carbonyl (C=O) groups excluding carboxylic acids is 1. The van der Waals surface area contributed by atoms with Gasteiger partial charge in [0, 0.05) is 24.0 Å². The van der Waals surface area contributed by atoms with E-state index in [1.54, 1.807) is 6.07 Å². The molecule has 0 spiro atoms. The van der Waals surface area contributed by atoms with E-state index in [1.807, 2.05) is 50.2 Å². The minimum absolute atomic E-state index is 0.180. The van der Waals surface area contributed by atoms with Gasteiger partial charge < -0.3 is 10.1 Å². The second kappa shape index (κ2) is 8.61. The minimum Gasteiger partial charge on any atom is -0.436 e. The van der Waals surface area contributed by atoms with E-state index in [-0.39, 0.29) is 30.5 Å². The molecule has 1 N–H and O–H groups in total. The number of rotatable bonds is 6. The summed E-state index contributed by atoms with van der Waals surface area (Å²) >= 11 is 6.11. The molecule has 8 nitrogen and oxygen atoms in total. The second-order valence-electron chi connectivity index (χ2n) is 7.16. The predicted molar refractivity (Wildman–Crippen MR) is 117 cm³/mol. The number of hydrogen-bond donors (Lipinski definition) is 1. The van der Waals surface area contributed by atoms with Crippen molar-refractivity contribution in [2.24, 2.45) is 0 Å². The van der Waals surface area contributed by atoms with Gasteiger partial charge in [-0.25, -0.2) is 18.9 Å². The van der Waals surface area contributed by atoms with Gasteiger partial charge in [-0.3, -0.25) is 4.79 Å². The highest BCUT2D eigenvalue weighted by Gasteiger charge is 2.16. The molecule has 0 aliphatic rings. The maximum Gasteiger partial charge on any atom is 0.351 e. The smallest absolute Gasteiger partial charge is 0.351 e. The largest absolute Gasteiger partial charge is 0.436 e. The van der Waals surface area contributed by atoms with Crippen LogP contribution in [0.1, 0.15) is 16.7 Å². The van der Waals surface area contributed by atoms with Crippen molar-refractivity contribution in [3.63, 3.8) is 0 Å². The number of ether oxygens (including phenoxy) is 1. The van der Waals surface area contributed by atoms with E-state index in [0.717, 1.165) is 21.4 Å². The Morgan fingerprint density at radius 2 is 1.90 bits per heavy atom. The molecule has 0 saturated heterocycles. The number of carbonyl (C=O) groups is 1. The van der Waals surface area contributed by atoms with Crippen molar-refractivity contribution in [2.75, 3.05) is 0 Å². The summed E-state index contributed by atoms with van der Waals surface area (Å²) in [6.07, 6.45) is 2.94. The molecule has 158 valence electrons. The van der Waals surface area contributed by atoms with E-state index in [4.69, 9.17) is 16.3 Å². The van der Waals surface area contributed by atoms with Crippen LogP contribution in [-0.4, -0.2) is 25.1 Å². The molecular formula is C22H20ClN5O3. The molecule has 2 heterocycles. The zero-order valence-electron chi connectivity index (χ0n) is 17.0. The second-order valence-corrected chi connectivity index (χ2v) is 7.57. The number of hydrogen-bond acceptors (Lipinski definition) is 5. The highest BCUT2D eigenvalue weighted by Crippen LogP contribution is 2.24. The summed E-state index contributed by atoms with van der Waals surface area (Å²) in [7, 11) is 0. The lowest BCUT2D eigenvalue weighted by Gasteiger charge is -2.07. The van der Waals surface area contributed by atoms with Gasteiger partial charge in [0.2, 0.25) is 11.6 Å². The summed E-state index contributed by atoms with van der Waals surface area (Å²) in [6.45, 7) is 3.94. The van der Waals surface area contributed by atoms with Gasteiger partial charge in [-0.2, -0.15) is 0 Å². The van der Waals surface area contributed by atoms with Crippen LogP contribution in [0, 0.1) is 13.8 Å². The summed E-state index contributed by atoms with van der Waals surface area (Å²) < 4.78 is 8.26. The number of fused-ring (bicyclic) bond motifs is 1. The van der Waals surface area contributed by atoms with Gasteiger partial charge in [0.25, 0.3) is 5.88 Å². The van der Waals surface area contributed by atoms with E-state index in [9.17, 15) is 9.59 Å². The Morgan fingerprint density at radius 3 is 2.65 bits per heavy atom. The lowest BCUT2D eigenvalue weighted by molar-refractivity contribution is -0.122. The summed E-state index contributed by atoms with van der Waals surface area (Å²) in [5.41, 5.74) is 2.63. The quantitative estimate of drug-likeness (QED) is 0.500. The Morgan fingerprint density at radius 1 is 1.16 bits per heavy atom. The molecule has 0 radical (unpaired) electrons. The zero-order valence-corrected chi connectivity index (χ0v) is 17.8. The summed E-state index contributed by atoms with van der Waals surface area (Å²) in [6, 6.07) is 13.0. The molecule has 0 aliphatic carbocycles. The number of aryl methyl sites for hydroxylation is 2. The van der Waals surface area contributed by atoms with Crippen molar-refractivity contribution in [1.29, 1.82) is 0 Å². The Bertz CT molecular complexity index is 1310. The first-order valence-electron chi connectivity index (χ1n) is 9.61. The number of aromatic nitrogens is 4. The standard InChI is InChI=1S/C22H20ClN5O3/c1-14-9-15(2)11-17(10-14)31-21-20-26-28(22(30)27(20)8-7-24-21)13-19(29)25-12-16-5-3-4-6-18(16)23/h3-11H,12-13H2,1-2H3,(H,25,29). The van der Waals surface area contributed by atoms with Crippen LogP contribution in [0.15, 0.2) is 59.7 Å². The van der Waals surface area contributed by atoms with E-state index in [1.165, 1.54) is 16.8 Å². The van der Waals surface area contributed by atoms with Gasteiger partial charge in [-0.05, 0) is 48.7 Å². The molecule has 4 aromatic rings. The van der Waals surface area contributed by atoms with E-state index in [0.29, 0.717) is 10.8 Å². The molecule has 0 saturated carbocycles.